The average molecular weight is 423 g/mol. The zero-order valence-corrected chi connectivity index (χ0v) is 17.3. The number of alkyl carbamates (subject to hydrolysis) is 1. The zero-order valence-electron chi connectivity index (χ0n) is 17.3. The fraction of sp³-hybridized carbons (Fsp3) is 0.375. The van der Waals surface area contributed by atoms with Gasteiger partial charge in [0.1, 0.15) is 12.1 Å². The third-order valence-corrected chi connectivity index (χ3v) is 6.45. The summed E-state index contributed by atoms with van der Waals surface area (Å²) in [5, 5.41) is 11.9. The number of hydrogen-bond donors (Lipinski definition) is 2. The Morgan fingerprint density at radius 1 is 1.00 bits per heavy atom. The third-order valence-electron chi connectivity index (χ3n) is 6.45. The van der Waals surface area contributed by atoms with Crippen molar-refractivity contribution in [1.82, 2.24) is 5.32 Å². The van der Waals surface area contributed by atoms with Crippen molar-refractivity contribution in [1.29, 1.82) is 0 Å². The van der Waals surface area contributed by atoms with Gasteiger partial charge < -0.3 is 19.9 Å². The second-order valence-electron chi connectivity index (χ2n) is 8.14. The summed E-state index contributed by atoms with van der Waals surface area (Å²) in [5.74, 6) is -2.08. The first-order chi connectivity index (χ1) is 14.9. The molecule has 0 heterocycles. The van der Waals surface area contributed by atoms with Crippen molar-refractivity contribution in [3.63, 3.8) is 0 Å². The number of fused-ring (bicyclic) bond motifs is 3. The molecule has 1 amide bonds. The summed E-state index contributed by atoms with van der Waals surface area (Å²) in [5.41, 5.74) is 3.20. The number of carbonyl (C=O) groups excluding carboxylic acids is 2. The number of aliphatic carboxylic acids is 1. The monoisotopic (exact) mass is 423 g/mol. The van der Waals surface area contributed by atoms with E-state index in [1.54, 1.807) is 0 Å². The van der Waals surface area contributed by atoms with Gasteiger partial charge in [-0.3, -0.25) is 4.79 Å². The molecule has 0 bridgehead atoms. The summed E-state index contributed by atoms with van der Waals surface area (Å²) in [7, 11) is 1.26. The van der Waals surface area contributed by atoms with Gasteiger partial charge in [-0.25, -0.2) is 9.59 Å². The third kappa shape index (κ3) is 3.87. The summed E-state index contributed by atoms with van der Waals surface area (Å²) in [6.45, 7) is 0.134. The lowest BCUT2D eigenvalue weighted by atomic mass is 9.76. The number of hydrogen-bond acceptors (Lipinski definition) is 5. The van der Waals surface area contributed by atoms with Crippen LogP contribution in [0.15, 0.2) is 48.5 Å². The molecular formula is C24H25NO6. The van der Waals surface area contributed by atoms with Crippen LogP contribution in [-0.2, 0) is 19.1 Å². The minimum absolute atomic E-state index is 0.0880. The van der Waals surface area contributed by atoms with Crippen molar-refractivity contribution >= 4 is 18.0 Å². The Morgan fingerprint density at radius 2 is 1.55 bits per heavy atom. The molecule has 2 aliphatic carbocycles. The molecule has 0 saturated heterocycles. The summed E-state index contributed by atoms with van der Waals surface area (Å²) in [6.07, 6.45) is 0.255. The molecule has 162 valence electrons. The maximum atomic E-state index is 12.7. The van der Waals surface area contributed by atoms with E-state index in [4.69, 9.17) is 9.47 Å². The van der Waals surface area contributed by atoms with Gasteiger partial charge in [0.2, 0.25) is 0 Å². The maximum absolute atomic E-state index is 12.7. The number of nitrogens with one attached hydrogen (secondary N) is 1. The molecule has 0 aromatic heterocycles. The van der Waals surface area contributed by atoms with Crippen LogP contribution in [0.3, 0.4) is 0 Å². The van der Waals surface area contributed by atoms with Gasteiger partial charge in [0.15, 0.2) is 0 Å². The summed E-state index contributed by atoms with van der Waals surface area (Å²) in [4.78, 5) is 36.4. The van der Waals surface area contributed by atoms with E-state index in [0.717, 1.165) is 22.3 Å². The fourth-order valence-electron chi connectivity index (χ4n) is 4.76. The highest BCUT2D eigenvalue weighted by atomic mass is 16.6. The highest BCUT2D eigenvalue weighted by molar-refractivity contribution is 5.86. The molecule has 0 spiro atoms. The average Bonchev–Trinajstić information content (AvgIpc) is 3.11. The highest BCUT2D eigenvalue weighted by Crippen LogP contribution is 2.44. The van der Waals surface area contributed by atoms with Crippen LogP contribution in [0.2, 0.25) is 0 Å². The lowest BCUT2D eigenvalue weighted by Gasteiger charge is -2.36. The van der Waals surface area contributed by atoms with Crippen LogP contribution in [0.5, 0.6) is 0 Å². The molecular weight excluding hydrogens is 398 g/mol. The molecule has 0 radical (unpaired) electrons. The predicted octanol–water partition coefficient (Wildman–Crippen LogP) is 3.71. The topological polar surface area (TPSA) is 102 Å². The number of carboxylic acid groups (broad SMARTS) is 1. The molecule has 4 rings (SSSR count). The normalized spacial score (nSPS) is 22.2. The molecule has 0 unspecified atom stereocenters. The predicted molar refractivity (Wildman–Crippen MR) is 113 cm³/mol. The standard InChI is InChI=1S/C24H25NO6/c1-30-22(28)24(12-10-15(11-13-24)21(26)27)25-23(29)31-14-20-18-8-4-2-6-16(18)17-7-3-5-9-19(17)20/h2-9,15,20H,10-14H2,1H3,(H,25,29)(H,26,27). The number of rotatable bonds is 5. The number of benzene rings is 2. The van der Waals surface area contributed by atoms with Crippen LogP contribution < -0.4 is 5.32 Å². The molecule has 7 nitrogen and oxygen atoms in total. The van der Waals surface area contributed by atoms with E-state index in [9.17, 15) is 19.5 Å². The van der Waals surface area contributed by atoms with E-state index in [0.29, 0.717) is 0 Å². The molecule has 0 atom stereocenters. The first-order valence-electron chi connectivity index (χ1n) is 10.4. The lowest BCUT2D eigenvalue weighted by molar-refractivity contribution is -0.153. The quantitative estimate of drug-likeness (QED) is 0.711. The van der Waals surface area contributed by atoms with Gasteiger partial charge in [0.25, 0.3) is 0 Å². The first kappa shape index (κ1) is 20.9. The maximum Gasteiger partial charge on any atom is 0.408 e. The van der Waals surface area contributed by atoms with Crippen molar-refractivity contribution in [2.45, 2.75) is 37.1 Å². The molecule has 0 aliphatic heterocycles. The molecule has 7 heteroatoms. The minimum atomic E-state index is -1.26. The molecule has 2 aromatic rings. The van der Waals surface area contributed by atoms with E-state index < -0.39 is 29.5 Å². The van der Waals surface area contributed by atoms with Crippen LogP contribution in [-0.4, -0.2) is 42.4 Å². The summed E-state index contributed by atoms with van der Waals surface area (Å²) < 4.78 is 10.5. The van der Waals surface area contributed by atoms with Crippen LogP contribution >= 0.6 is 0 Å². The molecule has 2 aromatic carbocycles. The molecule has 2 aliphatic rings. The largest absolute Gasteiger partial charge is 0.481 e. The number of carboxylic acids is 1. The van der Waals surface area contributed by atoms with Crippen LogP contribution in [0, 0.1) is 5.92 Å². The second kappa shape index (κ2) is 8.41. The fourth-order valence-corrected chi connectivity index (χ4v) is 4.76. The SMILES string of the molecule is COC(=O)C1(NC(=O)OCC2c3ccccc3-c3ccccc32)CCC(C(=O)O)CC1. The lowest BCUT2D eigenvalue weighted by Crippen LogP contribution is -2.57. The number of methoxy groups -OCH3 is 1. The minimum Gasteiger partial charge on any atom is -0.481 e. The second-order valence-corrected chi connectivity index (χ2v) is 8.14. The number of amides is 1. The van der Waals surface area contributed by atoms with Crippen molar-refractivity contribution in [2.75, 3.05) is 13.7 Å². The number of esters is 1. The molecule has 2 N–H and O–H groups in total. The van der Waals surface area contributed by atoms with Crippen LogP contribution in [0.1, 0.15) is 42.7 Å². The Labute approximate surface area is 180 Å². The van der Waals surface area contributed by atoms with Gasteiger partial charge in [0, 0.05) is 5.92 Å². The Hall–Kier alpha value is -3.35. The van der Waals surface area contributed by atoms with E-state index in [-0.39, 0.29) is 38.2 Å². The van der Waals surface area contributed by atoms with Gasteiger partial charge in [-0.05, 0) is 47.9 Å². The van der Waals surface area contributed by atoms with Crippen LogP contribution in [0.25, 0.3) is 11.1 Å². The van der Waals surface area contributed by atoms with Crippen molar-refractivity contribution < 1.29 is 29.0 Å². The van der Waals surface area contributed by atoms with E-state index in [1.165, 1.54) is 7.11 Å². The smallest absolute Gasteiger partial charge is 0.408 e. The molecule has 31 heavy (non-hydrogen) atoms. The summed E-state index contributed by atoms with van der Waals surface area (Å²) >= 11 is 0. The molecule has 1 fully saturated rings. The van der Waals surface area contributed by atoms with Gasteiger partial charge in [-0.15, -0.1) is 0 Å². The summed E-state index contributed by atoms with van der Waals surface area (Å²) in [6, 6.07) is 16.1. The van der Waals surface area contributed by atoms with Gasteiger partial charge in [0.05, 0.1) is 13.0 Å². The highest BCUT2D eigenvalue weighted by Gasteiger charge is 2.46. The van der Waals surface area contributed by atoms with E-state index in [2.05, 4.69) is 17.4 Å². The Morgan fingerprint density at radius 3 is 2.06 bits per heavy atom. The van der Waals surface area contributed by atoms with Gasteiger partial charge in [-0.2, -0.15) is 0 Å². The number of ether oxygens (including phenoxy) is 2. The van der Waals surface area contributed by atoms with Crippen molar-refractivity contribution in [2.24, 2.45) is 5.92 Å². The van der Waals surface area contributed by atoms with Crippen molar-refractivity contribution in [3.05, 3.63) is 59.7 Å². The van der Waals surface area contributed by atoms with Gasteiger partial charge in [-0.1, -0.05) is 48.5 Å². The zero-order chi connectivity index (χ0) is 22.0. The Kier molecular flexibility index (Phi) is 5.67. The van der Waals surface area contributed by atoms with Crippen molar-refractivity contribution in [3.8, 4) is 11.1 Å². The number of carbonyl (C=O) groups is 3. The molecule has 1 saturated carbocycles. The van der Waals surface area contributed by atoms with Crippen LogP contribution in [0.4, 0.5) is 4.79 Å². The Bertz CT molecular complexity index is 963. The Balaban J connectivity index is 1.46. The first-order valence-corrected chi connectivity index (χ1v) is 10.4. The van der Waals surface area contributed by atoms with E-state index in [1.807, 2.05) is 36.4 Å². The van der Waals surface area contributed by atoms with E-state index >= 15 is 0 Å². The van der Waals surface area contributed by atoms with Gasteiger partial charge >= 0.3 is 18.0 Å².